The van der Waals surface area contributed by atoms with Crippen molar-refractivity contribution in [3.63, 3.8) is 0 Å². The molecule has 0 aromatic carbocycles. The van der Waals surface area contributed by atoms with Crippen LogP contribution in [-0.2, 0) is 4.79 Å². The van der Waals surface area contributed by atoms with Crippen molar-refractivity contribution in [1.29, 1.82) is 0 Å². The van der Waals surface area contributed by atoms with Gasteiger partial charge >= 0.3 is 0 Å². The molecular weight excluding hydrogens is 368 g/mol. The van der Waals surface area contributed by atoms with E-state index in [-0.39, 0.29) is 5.92 Å². The Balaban J connectivity index is 0.000000147. The van der Waals surface area contributed by atoms with Crippen LogP contribution in [0.5, 0.6) is 0 Å². The number of nitrogens with one attached hydrogen (secondary N) is 1. The molecule has 0 bridgehead atoms. The quantitative estimate of drug-likeness (QED) is 0.640. The Bertz CT molecular complexity index is 564. The van der Waals surface area contributed by atoms with Gasteiger partial charge in [-0.3, -0.25) is 9.69 Å². The van der Waals surface area contributed by atoms with E-state index in [2.05, 4.69) is 24.1 Å². The Kier molecular flexibility index (Phi) is 7.00. The number of carbonyl (C=O) groups excluding carboxylic acids is 1. The predicted octanol–water partition coefficient (Wildman–Crippen LogP) is 5.68. The first-order valence-corrected chi connectivity index (χ1v) is 13.3. The minimum absolute atomic E-state index is 0.246. The van der Waals surface area contributed by atoms with E-state index in [1.165, 1.54) is 96.8 Å². The van der Waals surface area contributed by atoms with Crippen LogP contribution in [0.15, 0.2) is 0 Å². The predicted molar refractivity (Wildman–Crippen MR) is 126 cm³/mol. The molecule has 2 aliphatic heterocycles. The van der Waals surface area contributed by atoms with Gasteiger partial charge in [-0.1, -0.05) is 34.1 Å². The van der Waals surface area contributed by atoms with Gasteiger partial charge in [0, 0.05) is 31.0 Å². The van der Waals surface area contributed by atoms with Crippen molar-refractivity contribution >= 4 is 5.78 Å². The third kappa shape index (κ3) is 4.82. The molecule has 2 spiro atoms. The topological polar surface area (TPSA) is 32.3 Å². The molecule has 3 nitrogen and oxygen atoms in total. The van der Waals surface area contributed by atoms with Crippen LogP contribution < -0.4 is 5.32 Å². The number of hydrogen-bond acceptors (Lipinski definition) is 3. The molecule has 30 heavy (non-hydrogen) atoms. The number of likely N-dealkylation sites (tertiary alicyclic amines) is 1. The number of hydrogen-bond donors (Lipinski definition) is 1. The summed E-state index contributed by atoms with van der Waals surface area (Å²) in [6.45, 7) is 14.2. The Labute approximate surface area is 186 Å². The zero-order chi connectivity index (χ0) is 21.4. The van der Waals surface area contributed by atoms with Crippen LogP contribution in [0.4, 0.5) is 0 Å². The highest BCUT2D eigenvalue weighted by Gasteiger charge is 2.53. The van der Waals surface area contributed by atoms with E-state index in [9.17, 15) is 4.79 Å². The first-order valence-electron chi connectivity index (χ1n) is 13.3. The van der Waals surface area contributed by atoms with E-state index < -0.39 is 0 Å². The standard InChI is InChI=1S/C14H26N2.C13H22O/c1-11(2)12-7-14(8-12)9-16(10-14)13-3-5-15-6-4-13;1-10(2)12(14)11-4-8-13(9-5-11)6-3-7-13/h11-13,15H,3-10H2,1-2H3;10-11H,3-9H2,1-2H3. The second-order valence-electron chi connectivity index (χ2n) is 12.5. The van der Waals surface area contributed by atoms with E-state index >= 15 is 0 Å². The van der Waals surface area contributed by atoms with Gasteiger partial charge in [0.15, 0.2) is 0 Å². The third-order valence-electron chi connectivity index (χ3n) is 9.67. The Morgan fingerprint density at radius 1 is 0.867 bits per heavy atom. The molecule has 5 fully saturated rings. The zero-order valence-electron chi connectivity index (χ0n) is 20.3. The van der Waals surface area contributed by atoms with Crippen LogP contribution in [0.1, 0.15) is 98.3 Å². The maximum Gasteiger partial charge on any atom is 0.138 e. The summed E-state index contributed by atoms with van der Waals surface area (Å²) in [5, 5.41) is 3.46. The summed E-state index contributed by atoms with van der Waals surface area (Å²) in [7, 11) is 0. The van der Waals surface area contributed by atoms with Gasteiger partial charge in [-0.05, 0) is 100.0 Å². The minimum atomic E-state index is 0.246. The Morgan fingerprint density at radius 3 is 1.93 bits per heavy atom. The number of nitrogens with zero attached hydrogens (tertiary/aromatic N) is 1. The van der Waals surface area contributed by atoms with Gasteiger partial charge < -0.3 is 5.32 Å². The van der Waals surface area contributed by atoms with Gasteiger partial charge in [0.25, 0.3) is 0 Å². The molecule has 0 aromatic rings. The second-order valence-corrected chi connectivity index (χ2v) is 12.5. The highest BCUT2D eigenvalue weighted by molar-refractivity contribution is 5.82. The fourth-order valence-corrected chi connectivity index (χ4v) is 7.19. The maximum atomic E-state index is 11.8. The molecule has 0 radical (unpaired) electrons. The van der Waals surface area contributed by atoms with Gasteiger partial charge in [-0.15, -0.1) is 0 Å². The van der Waals surface area contributed by atoms with Gasteiger partial charge in [0.2, 0.25) is 0 Å². The van der Waals surface area contributed by atoms with E-state index in [1.54, 1.807) is 0 Å². The Morgan fingerprint density at radius 2 is 1.47 bits per heavy atom. The lowest BCUT2D eigenvalue weighted by Crippen LogP contribution is -2.66. The number of piperidine rings is 1. The van der Waals surface area contributed by atoms with Crippen LogP contribution in [0.3, 0.4) is 0 Å². The summed E-state index contributed by atoms with van der Waals surface area (Å²) in [6.07, 6.45) is 15.1. The molecule has 3 saturated carbocycles. The van der Waals surface area contributed by atoms with Gasteiger partial charge in [-0.25, -0.2) is 0 Å². The SMILES string of the molecule is CC(C)C(=O)C1CCC2(CCC2)CC1.CC(C)C1CC2(C1)CN(C1CCNCC1)C2. The van der Waals surface area contributed by atoms with E-state index in [0.29, 0.717) is 17.1 Å². The number of carbonyl (C=O) groups is 1. The molecule has 2 saturated heterocycles. The van der Waals surface area contributed by atoms with Crippen molar-refractivity contribution < 1.29 is 4.79 Å². The largest absolute Gasteiger partial charge is 0.317 e. The van der Waals surface area contributed by atoms with Crippen LogP contribution in [0.2, 0.25) is 0 Å². The Hall–Kier alpha value is -0.410. The molecule has 1 N–H and O–H groups in total. The minimum Gasteiger partial charge on any atom is -0.317 e. The van der Waals surface area contributed by atoms with Crippen molar-refractivity contribution in [3.8, 4) is 0 Å². The summed E-state index contributed by atoms with van der Waals surface area (Å²) in [4.78, 5) is 14.6. The number of rotatable bonds is 4. The van der Waals surface area contributed by atoms with Crippen LogP contribution in [0.25, 0.3) is 0 Å². The van der Waals surface area contributed by atoms with Gasteiger partial charge in [-0.2, -0.15) is 0 Å². The summed E-state index contributed by atoms with van der Waals surface area (Å²) in [6, 6.07) is 0.907. The van der Waals surface area contributed by atoms with Gasteiger partial charge in [0.1, 0.15) is 5.78 Å². The summed E-state index contributed by atoms with van der Waals surface area (Å²) in [5.74, 6) is 3.12. The summed E-state index contributed by atoms with van der Waals surface area (Å²) in [5.41, 5.74) is 1.48. The number of ketones is 1. The van der Waals surface area contributed by atoms with Crippen molar-refractivity contribution in [1.82, 2.24) is 10.2 Å². The average Bonchev–Trinajstić information content (AvgIpc) is 2.65. The lowest BCUT2D eigenvalue weighted by molar-refractivity contribution is -0.128. The van der Waals surface area contributed by atoms with Crippen LogP contribution in [-0.4, -0.2) is 42.9 Å². The highest BCUT2D eigenvalue weighted by atomic mass is 16.1. The lowest BCUT2D eigenvalue weighted by atomic mass is 9.55. The molecule has 5 aliphatic rings. The lowest BCUT2D eigenvalue weighted by Gasteiger charge is -2.62. The van der Waals surface area contributed by atoms with E-state index in [0.717, 1.165) is 23.3 Å². The molecular formula is C27H48N2O. The molecule has 3 aliphatic carbocycles. The molecule has 0 unspecified atom stereocenters. The van der Waals surface area contributed by atoms with Crippen molar-refractivity contribution in [2.75, 3.05) is 26.2 Å². The average molecular weight is 417 g/mol. The molecule has 172 valence electrons. The number of Topliss-reactive ketones (excluding diaryl/α,β-unsaturated/α-hetero) is 1. The van der Waals surface area contributed by atoms with Crippen molar-refractivity contribution in [3.05, 3.63) is 0 Å². The first kappa shape index (κ1) is 22.8. The summed E-state index contributed by atoms with van der Waals surface area (Å²) < 4.78 is 0. The summed E-state index contributed by atoms with van der Waals surface area (Å²) >= 11 is 0. The third-order valence-corrected chi connectivity index (χ3v) is 9.67. The zero-order valence-corrected chi connectivity index (χ0v) is 20.3. The fourth-order valence-electron chi connectivity index (χ4n) is 7.19. The van der Waals surface area contributed by atoms with Crippen molar-refractivity contribution in [2.45, 2.75) is 104 Å². The maximum absolute atomic E-state index is 11.8. The second kappa shape index (κ2) is 9.22. The molecule has 0 amide bonds. The van der Waals surface area contributed by atoms with Gasteiger partial charge in [0.05, 0.1) is 0 Å². The molecule has 2 heterocycles. The normalized spacial score (nSPS) is 31.1. The van der Waals surface area contributed by atoms with Crippen LogP contribution >= 0.6 is 0 Å². The van der Waals surface area contributed by atoms with E-state index in [1.807, 2.05) is 13.8 Å². The molecule has 3 heteroatoms. The van der Waals surface area contributed by atoms with E-state index in [4.69, 9.17) is 0 Å². The molecule has 0 aromatic heterocycles. The van der Waals surface area contributed by atoms with Crippen LogP contribution in [0, 0.1) is 34.5 Å². The smallest absolute Gasteiger partial charge is 0.138 e. The molecule has 5 rings (SSSR count). The monoisotopic (exact) mass is 416 g/mol. The van der Waals surface area contributed by atoms with Crippen molar-refractivity contribution in [2.24, 2.45) is 34.5 Å². The first-order chi connectivity index (χ1) is 14.3. The highest BCUT2D eigenvalue weighted by Crippen LogP contribution is 2.55. The molecule has 0 atom stereocenters. The fraction of sp³-hybridized carbons (Fsp3) is 0.963.